The van der Waals surface area contributed by atoms with Gasteiger partial charge in [-0.2, -0.15) is 0 Å². The zero-order valence-electron chi connectivity index (χ0n) is 16.5. The lowest BCUT2D eigenvalue weighted by molar-refractivity contribution is -0.144. The quantitative estimate of drug-likeness (QED) is 0.215. The summed E-state index contributed by atoms with van der Waals surface area (Å²) in [6, 6.07) is -4.61. The summed E-state index contributed by atoms with van der Waals surface area (Å²) in [7, 11) is 0. The number of carbonyl (C=O) groups is 5. The van der Waals surface area contributed by atoms with Crippen LogP contribution < -0.4 is 22.1 Å². The molecule has 1 aliphatic rings. The summed E-state index contributed by atoms with van der Waals surface area (Å²) in [5.74, 6) is -4.49. The van der Waals surface area contributed by atoms with Crippen LogP contribution in [0.1, 0.15) is 33.1 Å². The summed E-state index contributed by atoms with van der Waals surface area (Å²) in [5, 5.41) is 22.7. The predicted octanol–water partition coefficient (Wildman–Crippen LogP) is -3.12. The van der Waals surface area contributed by atoms with Crippen molar-refractivity contribution < 1.29 is 34.2 Å². The second kappa shape index (κ2) is 10.7. The van der Waals surface area contributed by atoms with Gasteiger partial charge < -0.3 is 37.2 Å². The average Bonchev–Trinajstić information content (AvgIpc) is 3.11. The van der Waals surface area contributed by atoms with Gasteiger partial charge in [-0.05, 0) is 18.8 Å². The van der Waals surface area contributed by atoms with Crippen molar-refractivity contribution in [3.63, 3.8) is 0 Å². The summed E-state index contributed by atoms with van der Waals surface area (Å²) in [4.78, 5) is 60.8. The number of rotatable bonds is 10. The van der Waals surface area contributed by atoms with E-state index in [0.29, 0.717) is 12.8 Å². The van der Waals surface area contributed by atoms with E-state index < -0.39 is 66.3 Å². The van der Waals surface area contributed by atoms with Crippen molar-refractivity contribution in [3.05, 3.63) is 0 Å². The number of likely N-dealkylation sites (tertiary alicyclic amines) is 1. The molecular formula is C17H29N5O7. The number of aliphatic hydroxyl groups excluding tert-OH is 1. The lowest BCUT2D eigenvalue weighted by Gasteiger charge is -2.29. The highest BCUT2D eigenvalue weighted by molar-refractivity contribution is 5.95. The van der Waals surface area contributed by atoms with E-state index >= 15 is 0 Å². The maximum absolute atomic E-state index is 12.7. The van der Waals surface area contributed by atoms with Gasteiger partial charge in [-0.3, -0.25) is 19.2 Å². The van der Waals surface area contributed by atoms with Gasteiger partial charge in [-0.25, -0.2) is 4.79 Å². The first kappa shape index (κ1) is 24.3. The molecule has 1 fully saturated rings. The molecular weight excluding hydrogens is 386 g/mol. The molecule has 29 heavy (non-hydrogen) atoms. The van der Waals surface area contributed by atoms with E-state index in [1.54, 1.807) is 13.8 Å². The molecule has 1 heterocycles. The Hall–Kier alpha value is -2.73. The molecule has 0 spiro atoms. The number of carboxylic acids is 1. The van der Waals surface area contributed by atoms with Crippen LogP contribution in [0.5, 0.6) is 0 Å². The maximum atomic E-state index is 12.7. The van der Waals surface area contributed by atoms with Gasteiger partial charge in [0.25, 0.3) is 0 Å². The molecule has 164 valence electrons. The summed E-state index contributed by atoms with van der Waals surface area (Å²) < 4.78 is 0. The molecule has 12 heteroatoms. The Morgan fingerprint density at radius 3 is 2.28 bits per heavy atom. The van der Waals surface area contributed by atoms with Crippen molar-refractivity contribution in [1.29, 1.82) is 0 Å². The molecule has 0 saturated carbocycles. The summed E-state index contributed by atoms with van der Waals surface area (Å²) >= 11 is 0. The van der Waals surface area contributed by atoms with Crippen molar-refractivity contribution >= 4 is 29.6 Å². The predicted molar refractivity (Wildman–Crippen MR) is 99.9 cm³/mol. The fourth-order valence-electron chi connectivity index (χ4n) is 3.05. The van der Waals surface area contributed by atoms with Gasteiger partial charge in [0, 0.05) is 6.54 Å². The Labute approximate surface area is 168 Å². The Balaban J connectivity index is 2.86. The molecule has 0 aromatic rings. The third kappa shape index (κ3) is 6.68. The van der Waals surface area contributed by atoms with Crippen molar-refractivity contribution in [3.8, 4) is 0 Å². The number of primary amides is 1. The molecule has 1 saturated heterocycles. The Morgan fingerprint density at radius 1 is 1.17 bits per heavy atom. The van der Waals surface area contributed by atoms with E-state index in [0.717, 1.165) is 0 Å². The van der Waals surface area contributed by atoms with Crippen LogP contribution in [0.15, 0.2) is 0 Å². The van der Waals surface area contributed by atoms with Crippen molar-refractivity contribution in [1.82, 2.24) is 15.5 Å². The van der Waals surface area contributed by atoms with Crippen LogP contribution in [0.3, 0.4) is 0 Å². The molecule has 12 nitrogen and oxygen atoms in total. The molecule has 0 aromatic carbocycles. The van der Waals surface area contributed by atoms with E-state index in [1.807, 2.05) is 0 Å². The Bertz CT molecular complexity index is 654. The SMILES string of the molecule is CC(C)C(NC(=O)C1CCCN1C(=O)C(N)CC(N)=O)C(=O)NC(CO)C(=O)O. The number of hydrogen-bond acceptors (Lipinski definition) is 7. The fraction of sp³-hybridized carbons (Fsp3) is 0.706. The van der Waals surface area contributed by atoms with Gasteiger partial charge in [0.1, 0.15) is 18.1 Å². The smallest absolute Gasteiger partial charge is 0.328 e. The lowest BCUT2D eigenvalue weighted by atomic mass is 10.0. The number of aliphatic hydroxyl groups is 1. The molecule has 4 unspecified atom stereocenters. The standard InChI is InChI=1S/C17H29N5O7/c1-8(2)13(15(26)20-10(7-23)17(28)29)21-14(25)11-4-3-5-22(11)16(27)9(18)6-12(19)24/h8-11,13,23H,3-7,18H2,1-2H3,(H2,19,24)(H,20,26)(H,21,25)(H,28,29). The summed E-state index contributed by atoms with van der Waals surface area (Å²) in [5.41, 5.74) is 10.7. The highest BCUT2D eigenvalue weighted by atomic mass is 16.4. The van der Waals surface area contributed by atoms with Gasteiger partial charge in [0.05, 0.1) is 19.1 Å². The molecule has 0 aliphatic carbocycles. The van der Waals surface area contributed by atoms with E-state index in [2.05, 4.69) is 10.6 Å². The van der Waals surface area contributed by atoms with Crippen LogP contribution in [0.25, 0.3) is 0 Å². The summed E-state index contributed by atoms with van der Waals surface area (Å²) in [6.07, 6.45) is 0.539. The van der Waals surface area contributed by atoms with E-state index in [-0.39, 0.29) is 13.0 Å². The van der Waals surface area contributed by atoms with E-state index in [1.165, 1.54) is 4.90 Å². The number of nitrogens with one attached hydrogen (secondary N) is 2. The lowest BCUT2D eigenvalue weighted by Crippen LogP contribution is -2.58. The van der Waals surface area contributed by atoms with Gasteiger partial charge in [0.2, 0.25) is 23.6 Å². The second-order valence-corrected chi connectivity index (χ2v) is 7.28. The third-order valence-electron chi connectivity index (χ3n) is 4.62. The first-order valence-corrected chi connectivity index (χ1v) is 9.28. The molecule has 0 radical (unpaired) electrons. The van der Waals surface area contributed by atoms with Crippen molar-refractivity contribution in [2.75, 3.05) is 13.2 Å². The van der Waals surface area contributed by atoms with Crippen LogP contribution in [0, 0.1) is 5.92 Å². The van der Waals surface area contributed by atoms with E-state index in [4.69, 9.17) is 21.7 Å². The van der Waals surface area contributed by atoms with Crippen LogP contribution in [-0.4, -0.2) is 82.0 Å². The average molecular weight is 415 g/mol. The fourth-order valence-corrected chi connectivity index (χ4v) is 3.05. The number of nitrogens with two attached hydrogens (primary N) is 2. The van der Waals surface area contributed by atoms with Crippen LogP contribution in [0.4, 0.5) is 0 Å². The third-order valence-corrected chi connectivity index (χ3v) is 4.62. The Kier molecular flexibility index (Phi) is 8.98. The van der Waals surface area contributed by atoms with Crippen molar-refractivity contribution in [2.45, 2.75) is 57.3 Å². The number of amides is 4. The highest BCUT2D eigenvalue weighted by Gasteiger charge is 2.38. The van der Waals surface area contributed by atoms with Crippen LogP contribution >= 0.6 is 0 Å². The molecule has 0 bridgehead atoms. The number of nitrogens with zero attached hydrogens (tertiary/aromatic N) is 1. The topological polar surface area (TPSA) is 205 Å². The monoisotopic (exact) mass is 415 g/mol. The minimum atomic E-state index is -1.50. The number of carboxylic acid groups (broad SMARTS) is 1. The molecule has 4 atom stereocenters. The first-order valence-electron chi connectivity index (χ1n) is 9.28. The number of aliphatic carboxylic acids is 1. The zero-order chi connectivity index (χ0) is 22.3. The number of carbonyl (C=O) groups excluding carboxylic acids is 4. The van der Waals surface area contributed by atoms with Crippen LogP contribution in [0.2, 0.25) is 0 Å². The second-order valence-electron chi connectivity index (χ2n) is 7.28. The van der Waals surface area contributed by atoms with E-state index in [9.17, 15) is 24.0 Å². The molecule has 1 rings (SSSR count). The minimum absolute atomic E-state index is 0.271. The van der Waals surface area contributed by atoms with Crippen molar-refractivity contribution in [2.24, 2.45) is 17.4 Å². The van der Waals surface area contributed by atoms with Gasteiger partial charge in [-0.15, -0.1) is 0 Å². The molecule has 1 aliphatic heterocycles. The summed E-state index contributed by atoms with van der Waals surface area (Å²) in [6.45, 7) is 2.77. The normalized spacial score (nSPS) is 19.3. The van der Waals surface area contributed by atoms with Gasteiger partial charge >= 0.3 is 5.97 Å². The molecule has 8 N–H and O–H groups in total. The largest absolute Gasteiger partial charge is 0.480 e. The zero-order valence-corrected chi connectivity index (χ0v) is 16.5. The van der Waals surface area contributed by atoms with Crippen LogP contribution in [-0.2, 0) is 24.0 Å². The highest BCUT2D eigenvalue weighted by Crippen LogP contribution is 2.19. The molecule has 0 aromatic heterocycles. The molecule has 4 amide bonds. The van der Waals surface area contributed by atoms with Gasteiger partial charge in [0.15, 0.2) is 0 Å². The first-order chi connectivity index (χ1) is 13.5. The maximum Gasteiger partial charge on any atom is 0.328 e. The Morgan fingerprint density at radius 2 is 1.79 bits per heavy atom. The number of hydrogen-bond donors (Lipinski definition) is 6. The van der Waals surface area contributed by atoms with Gasteiger partial charge in [-0.1, -0.05) is 13.8 Å². The minimum Gasteiger partial charge on any atom is -0.480 e.